The summed E-state index contributed by atoms with van der Waals surface area (Å²) in [6, 6.07) is 16.8. The Bertz CT molecular complexity index is 1350. The van der Waals surface area contributed by atoms with Crippen LogP contribution in [0.4, 0.5) is 0 Å². The van der Waals surface area contributed by atoms with Crippen LogP contribution >= 0.6 is 0 Å². The van der Waals surface area contributed by atoms with Gasteiger partial charge in [-0.3, -0.25) is 9.59 Å². The van der Waals surface area contributed by atoms with Crippen LogP contribution in [-0.2, 0) is 24.8 Å². The van der Waals surface area contributed by atoms with Crippen molar-refractivity contribution in [2.75, 3.05) is 6.54 Å². The van der Waals surface area contributed by atoms with Crippen LogP contribution in [0, 0.1) is 6.92 Å². The predicted molar refractivity (Wildman–Crippen MR) is 129 cm³/mol. The van der Waals surface area contributed by atoms with E-state index in [4.69, 9.17) is 0 Å². The Kier molecular flexibility index (Phi) is 4.87. The van der Waals surface area contributed by atoms with Gasteiger partial charge in [-0.2, -0.15) is 4.98 Å². The standard InChI is InChI=1S/C28H29N3O3/c1-18-7-6-9-20(15-18)28(12-4-5-13-28)16-23-29-26(33)25(32)24-27(34)30-14-11-19-8-2-3-10-21(19)22(30)17-31(23)24/h2-3,6-10,15,22,32H,4-5,11-14,16-17H2,1H3. The van der Waals surface area contributed by atoms with Crippen molar-refractivity contribution in [2.24, 2.45) is 0 Å². The third-order valence-corrected chi connectivity index (χ3v) is 8.16. The highest BCUT2D eigenvalue weighted by atomic mass is 16.3. The highest BCUT2D eigenvalue weighted by Gasteiger charge is 2.42. The summed E-state index contributed by atoms with van der Waals surface area (Å²) in [5.74, 6) is -0.195. The summed E-state index contributed by atoms with van der Waals surface area (Å²) in [5, 5.41) is 10.7. The normalized spacial score (nSPS) is 20.6. The lowest BCUT2D eigenvalue weighted by molar-refractivity contribution is 0.0556. The molecule has 2 aliphatic heterocycles. The predicted octanol–water partition coefficient (Wildman–Crippen LogP) is 4.07. The van der Waals surface area contributed by atoms with Crippen molar-refractivity contribution >= 4 is 5.91 Å². The van der Waals surface area contributed by atoms with E-state index in [1.165, 1.54) is 16.7 Å². The van der Waals surface area contributed by atoms with Gasteiger partial charge in [-0.1, -0.05) is 66.9 Å². The molecule has 3 aliphatic rings. The molecule has 1 atom stereocenters. The summed E-state index contributed by atoms with van der Waals surface area (Å²) in [4.78, 5) is 32.5. The van der Waals surface area contributed by atoms with Crippen molar-refractivity contribution in [1.29, 1.82) is 0 Å². The number of benzene rings is 2. The highest BCUT2D eigenvalue weighted by Crippen LogP contribution is 2.45. The summed E-state index contributed by atoms with van der Waals surface area (Å²) in [7, 11) is 0. The Morgan fingerprint density at radius 3 is 2.68 bits per heavy atom. The second-order valence-corrected chi connectivity index (χ2v) is 10.1. The average molecular weight is 456 g/mol. The van der Waals surface area contributed by atoms with Crippen LogP contribution in [-0.4, -0.2) is 32.0 Å². The minimum atomic E-state index is -0.706. The van der Waals surface area contributed by atoms with E-state index >= 15 is 0 Å². The molecule has 1 aromatic heterocycles. The first-order chi connectivity index (χ1) is 16.5. The van der Waals surface area contributed by atoms with Crippen LogP contribution in [0.5, 0.6) is 5.75 Å². The molecule has 1 unspecified atom stereocenters. The van der Waals surface area contributed by atoms with Crippen molar-refractivity contribution in [1.82, 2.24) is 14.5 Å². The van der Waals surface area contributed by atoms with Gasteiger partial charge in [-0.25, -0.2) is 0 Å². The van der Waals surface area contributed by atoms with Crippen LogP contribution in [0.25, 0.3) is 0 Å². The molecule has 34 heavy (non-hydrogen) atoms. The van der Waals surface area contributed by atoms with E-state index in [0.29, 0.717) is 25.3 Å². The minimum Gasteiger partial charge on any atom is -0.501 e. The van der Waals surface area contributed by atoms with Crippen LogP contribution in [0.3, 0.4) is 0 Å². The maximum atomic E-state index is 13.6. The molecule has 6 heteroatoms. The van der Waals surface area contributed by atoms with Gasteiger partial charge in [0.2, 0.25) is 5.75 Å². The number of fused-ring (bicyclic) bond motifs is 4. The average Bonchev–Trinajstić information content (AvgIpc) is 3.32. The van der Waals surface area contributed by atoms with Gasteiger partial charge in [0.05, 0.1) is 6.04 Å². The zero-order valence-electron chi connectivity index (χ0n) is 19.5. The molecule has 0 saturated heterocycles. The molecule has 1 N–H and O–H groups in total. The first-order valence-corrected chi connectivity index (χ1v) is 12.3. The molecule has 174 valence electrons. The molecule has 0 radical (unpaired) electrons. The molecular weight excluding hydrogens is 426 g/mol. The zero-order valence-corrected chi connectivity index (χ0v) is 19.5. The van der Waals surface area contributed by atoms with Gasteiger partial charge in [-0.15, -0.1) is 0 Å². The molecule has 3 aromatic rings. The molecule has 3 heterocycles. The Hall–Kier alpha value is -3.41. The van der Waals surface area contributed by atoms with Crippen molar-refractivity contribution in [3.05, 3.63) is 92.7 Å². The quantitative estimate of drug-likeness (QED) is 0.646. The number of hydrogen-bond donors (Lipinski definition) is 1. The van der Waals surface area contributed by atoms with Gasteiger partial charge in [0.1, 0.15) is 5.82 Å². The van der Waals surface area contributed by atoms with Gasteiger partial charge in [-0.05, 0) is 42.9 Å². The molecule has 6 nitrogen and oxygen atoms in total. The smallest absolute Gasteiger partial charge is 0.315 e. The van der Waals surface area contributed by atoms with Crippen LogP contribution in [0.2, 0.25) is 0 Å². The second-order valence-electron chi connectivity index (χ2n) is 10.1. The summed E-state index contributed by atoms with van der Waals surface area (Å²) >= 11 is 0. The van der Waals surface area contributed by atoms with Gasteiger partial charge in [0, 0.05) is 24.9 Å². The molecule has 0 spiro atoms. The first kappa shape index (κ1) is 21.1. The lowest BCUT2D eigenvalue weighted by Crippen LogP contribution is -2.48. The molecule has 0 bridgehead atoms. The van der Waals surface area contributed by atoms with E-state index in [1.54, 1.807) is 0 Å². The largest absolute Gasteiger partial charge is 0.501 e. The zero-order chi connectivity index (χ0) is 23.4. The Balaban J connectivity index is 1.49. The summed E-state index contributed by atoms with van der Waals surface area (Å²) in [6.45, 7) is 3.18. The number of amides is 1. The third kappa shape index (κ3) is 3.19. The third-order valence-electron chi connectivity index (χ3n) is 8.16. The second kappa shape index (κ2) is 7.83. The van der Waals surface area contributed by atoms with Gasteiger partial charge < -0.3 is 14.6 Å². The van der Waals surface area contributed by atoms with Crippen molar-refractivity contribution in [3.8, 4) is 5.75 Å². The fraction of sp³-hybridized carbons (Fsp3) is 0.393. The van der Waals surface area contributed by atoms with Gasteiger partial charge in [0.25, 0.3) is 5.91 Å². The van der Waals surface area contributed by atoms with Crippen molar-refractivity contribution < 1.29 is 9.90 Å². The van der Waals surface area contributed by atoms with E-state index in [-0.39, 0.29) is 23.1 Å². The van der Waals surface area contributed by atoms with E-state index in [1.807, 2.05) is 21.6 Å². The van der Waals surface area contributed by atoms with E-state index < -0.39 is 11.3 Å². The maximum Gasteiger partial charge on any atom is 0.315 e. The first-order valence-electron chi connectivity index (χ1n) is 12.3. The Labute approximate surface area is 198 Å². The number of carbonyl (C=O) groups excluding carboxylic acids is 1. The van der Waals surface area contributed by atoms with Gasteiger partial charge in [0.15, 0.2) is 5.69 Å². The van der Waals surface area contributed by atoms with Crippen molar-refractivity contribution in [3.63, 3.8) is 0 Å². The van der Waals surface area contributed by atoms with E-state index in [0.717, 1.165) is 37.7 Å². The lowest BCUT2D eigenvalue weighted by atomic mass is 9.75. The van der Waals surface area contributed by atoms with Crippen molar-refractivity contribution in [2.45, 2.75) is 63.5 Å². The maximum absolute atomic E-state index is 13.6. The number of aromatic nitrogens is 2. The van der Waals surface area contributed by atoms with Crippen LogP contribution < -0.4 is 5.56 Å². The number of aryl methyl sites for hydroxylation is 1. The summed E-state index contributed by atoms with van der Waals surface area (Å²) < 4.78 is 1.85. The monoisotopic (exact) mass is 455 g/mol. The number of nitrogens with zero attached hydrogens (tertiary/aromatic N) is 3. The van der Waals surface area contributed by atoms with Crippen LogP contribution in [0.1, 0.15) is 70.3 Å². The molecular formula is C28H29N3O3. The lowest BCUT2D eigenvalue weighted by Gasteiger charge is -2.42. The molecule has 2 aromatic carbocycles. The molecule has 1 aliphatic carbocycles. The summed E-state index contributed by atoms with van der Waals surface area (Å²) in [5.41, 5.74) is 4.16. The fourth-order valence-corrected chi connectivity index (χ4v) is 6.43. The molecule has 1 amide bonds. The number of rotatable bonds is 3. The highest BCUT2D eigenvalue weighted by molar-refractivity contribution is 5.96. The molecule has 6 rings (SSSR count). The number of aromatic hydroxyl groups is 1. The SMILES string of the molecule is Cc1cccc(C2(Cc3nc(=O)c(O)c4n3CC3c5ccccc5CCN3C4=O)CCCC2)c1. The number of hydrogen-bond acceptors (Lipinski definition) is 4. The van der Waals surface area contributed by atoms with E-state index in [9.17, 15) is 14.7 Å². The van der Waals surface area contributed by atoms with Gasteiger partial charge >= 0.3 is 5.56 Å². The topological polar surface area (TPSA) is 75.4 Å². The Morgan fingerprint density at radius 1 is 1.09 bits per heavy atom. The summed E-state index contributed by atoms with van der Waals surface area (Å²) in [6.07, 6.45) is 5.67. The minimum absolute atomic E-state index is 0.100. The van der Waals surface area contributed by atoms with Crippen LogP contribution in [0.15, 0.2) is 53.3 Å². The number of carbonyl (C=O) groups is 1. The van der Waals surface area contributed by atoms with E-state index in [2.05, 4.69) is 48.3 Å². The molecule has 1 saturated carbocycles. The Morgan fingerprint density at radius 2 is 1.88 bits per heavy atom. The fourth-order valence-electron chi connectivity index (χ4n) is 6.43. The molecule has 1 fully saturated rings.